The first-order valence-corrected chi connectivity index (χ1v) is 11.4. The third-order valence-electron chi connectivity index (χ3n) is 6.05. The third-order valence-corrected chi connectivity index (χ3v) is 6.77. The summed E-state index contributed by atoms with van der Waals surface area (Å²) in [5.74, 6) is 0.882. The molecular weight excluding hydrogens is 488 g/mol. The molecule has 0 aliphatic carbocycles. The van der Waals surface area contributed by atoms with Gasteiger partial charge < -0.3 is 29.0 Å². The Bertz CT molecular complexity index is 1220. The van der Waals surface area contributed by atoms with E-state index in [0.717, 1.165) is 6.07 Å². The lowest BCUT2D eigenvalue weighted by atomic mass is 10.0. The SMILES string of the molecule is COc1cc2c(Nc3cc(Cl)c(Cl)cc3F)ncnc2cc1OCC1CO[C@@H]2[C@@H](OC)CO[C@H]12. The van der Waals surface area contributed by atoms with Crippen LogP contribution in [0.3, 0.4) is 0 Å². The smallest absolute Gasteiger partial charge is 0.163 e. The lowest BCUT2D eigenvalue weighted by Crippen LogP contribution is -2.32. The van der Waals surface area contributed by atoms with E-state index in [0.29, 0.717) is 48.0 Å². The minimum Gasteiger partial charge on any atom is -0.493 e. The fraction of sp³-hybridized carbons (Fsp3) is 0.391. The molecule has 34 heavy (non-hydrogen) atoms. The number of rotatable bonds is 7. The summed E-state index contributed by atoms with van der Waals surface area (Å²) in [5, 5.41) is 3.92. The number of ether oxygens (including phenoxy) is 5. The molecule has 0 amide bonds. The van der Waals surface area contributed by atoms with Gasteiger partial charge in [0.2, 0.25) is 0 Å². The van der Waals surface area contributed by atoms with E-state index in [-0.39, 0.29) is 40.0 Å². The molecule has 4 atom stereocenters. The number of anilines is 2. The van der Waals surface area contributed by atoms with Gasteiger partial charge in [0.05, 0.1) is 54.3 Å². The van der Waals surface area contributed by atoms with Crippen molar-refractivity contribution in [1.82, 2.24) is 9.97 Å². The highest BCUT2D eigenvalue weighted by atomic mass is 35.5. The third kappa shape index (κ3) is 4.34. The molecule has 2 fully saturated rings. The van der Waals surface area contributed by atoms with E-state index in [1.165, 1.54) is 12.4 Å². The first kappa shape index (κ1) is 23.3. The van der Waals surface area contributed by atoms with Crippen molar-refractivity contribution in [3.63, 3.8) is 0 Å². The van der Waals surface area contributed by atoms with Gasteiger partial charge >= 0.3 is 0 Å². The van der Waals surface area contributed by atoms with Crippen molar-refractivity contribution >= 4 is 45.6 Å². The Kier molecular flexibility index (Phi) is 6.63. The normalized spacial score (nSPS) is 23.8. The van der Waals surface area contributed by atoms with Crippen LogP contribution in [-0.2, 0) is 14.2 Å². The van der Waals surface area contributed by atoms with Crippen LogP contribution in [0.25, 0.3) is 10.9 Å². The molecule has 1 aromatic heterocycles. The van der Waals surface area contributed by atoms with E-state index < -0.39 is 5.82 Å². The maximum Gasteiger partial charge on any atom is 0.163 e. The molecule has 0 bridgehead atoms. The number of fused-ring (bicyclic) bond motifs is 2. The highest BCUT2D eigenvalue weighted by Crippen LogP contribution is 2.38. The fourth-order valence-corrected chi connectivity index (χ4v) is 4.58. The predicted octanol–water partition coefficient (Wildman–Crippen LogP) is 4.64. The van der Waals surface area contributed by atoms with Gasteiger partial charge in [-0.1, -0.05) is 23.2 Å². The van der Waals surface area contributed by atoms with Crippen molar-refractivity contribution in [2.24, 2.45) is 5.92 Å². The Morgan fingerprint density at radius 3 is 2.62 bits per heavy atom. The van der Waals surface area contributed by atoms with Crippen LogP contribution in [0.5, 0.6) is 11.5 Å². The van der Waals surface area contributed by atoms with Crippen molar-refractivity contribution in [3.05, 3.63) is 46.5 Å². The molecule has 8 nitrogen and oxygen atoms in total. The summed E-state index contributed by atoms with van der Waals surface area (Å²) >= 11 is 11.9. The van der Waals surface area contributed by atoms with Crippen molar-refractivity contribution in [3.8, 4) is 11.5 Å². The average Bonchev–Trinajstić information content (AvgIpc) is 3.43. The lowest BCUT2D eigenvalue weighted by Gasteiger charge is -2.18. The van der Waals surface area contributed by atoms with Gasteiger partial charge in [0.25, 0.3) is 0 Å². The Hall–Kier alpha value is -2.43. The largest absolute Gasteiger partial charge is 0.493 e. The van der Waals surface area contributed by atoms with E-state index in [4.69, 9.17) is 46.9 Å². The highest BCUT2D eigenvalue weighted by Gasteiger charge is 2.48. The van der Waals surface area contributed by atoms with Gasteiger partial charge in [-0.2, -0.15) is 0 Å². The van der Waals surface area contributed by atoms with Crippen molar-refractivity contribution in [1.29, 1.82) is 0 Å². The molecule has 180 valence electrons. The van der Waals surface area contributed by atoms with E-state index in [1.807, 2.05) is 0 Å². The molecule has 2 aromatic carbocycles. The highest BCUT2D eigenvalue weighted by molar-refractivity contribution is 6.42. The maximum atomic E-state index is 14.4. The molecule has 1 N–H and O–H groups in total. The fourth-order valence-electron chi connectivity index (χ4n) is 4.27. The molecule has 2 aliphatic heterocycles. The summed E-state index contributed by atoms with van der Waals surface area (Å²) < 4.78 is 43.2. The average molecular weight is 510 g/mol. The molecule has 3 heterocycles. The van der Waals surface area contributed by atoms with Crippen LogP contribution in [0.2, 0.25) is 10.0 Å². The molecule has 0 spiro atoms. The van der Waals surface area contributed by atoms with Gasteiger partial charge in [0.15, 0.2) is 11.5 Å². The van der Waals surface area contributed by atoms with Gasteiger partial charge in [-0.15, -0.1) is 0 Å². The minimum atomic E-state index is -0.560. The van der Waals surface area contributed by atoms with Gasteiger partial charge in [-0.05, 0) is 18.2 Å². The molecule has 3 aromatic rings. The molecule has 1 unspecified atom stereocenters. The van der Waals surface area contributed by atoms with Crippen molar-refractivity contribution in [2.75, 3.05) is 39.4 Å². The van der Waals surface area contributed by atoms with E-state index in [1.54, 1.807) is 26.4 Å². The van der Waals surface area contributed by atoms with Crippen LogP contribution in [0.1, 0.15) is 0 Å². The quantitative estimate of drug-likeness (QED) is 0.461. The zero-order valence-electron chi connectivity index (χ0n) is 18.4. The summed E-state index contributed by atoms with van der Waals surface area (Å²) in [6.45, 7) is 1.41. The second-order valence-electron chi connectivity index (χ2n) is 8.05. The molecule has 2 aliphatic rings. The maximum absolute atomic E-state index is 14.4. The standard InChI is InChI=1S/C23H22Cl2FN3O5/c1-30-18-3-12-16(27-10-28-23(12)29-17-5-14(25)13(24)4-15(17)26)6-19(18)32-7-11-8-33-22-20(31-2)9-34-21(11)22/h3-6,10-11,20-22H,7-9H2,1-2H3,(H,27,28,29)/t11?,20-,21+,22+/m0/s1. The molecule has 11 heteroatoms. The van der Waals surface area contributed by atoms with E-state index >= 15 is 0 Å². The summed E-state index contributed by atoms with van der Waals surface area (Å²) in [4.78, 5) is 8.59. The second-order valence-corrected chi connectivity index (χ2v) is 8.87. The first-order valence-electron chi connectivity index (χ1n) is 10.6. The van der Waals surface area contributed by atoms with Gasteiger partial charge in [-0.3, -0.25) is 0 Å². The summed E-state index contributed by atoms with van der Waals surface area (Å²) in [6, 6.07) is 6.04. The number of aromatic nitrogens is 2. The topological polar surface area (TPSA) is 84.0 Å². The number of nitrogens with zero attached hydrogens (tertiary/aromatic N) is 2. The number of methoxy groups -OCH3 is 2. The van der Waals surface area contributed by atoms with Crippen molar-refractivity contribution in [2.45, 2.75) is 18.3 Å². The van der Waals surface area contributed by atoms with E-state index in [2.05, 4.69) is 15.3 Å². The monoisotopic (exact) mass is 509 g/mol. The molecule has 0 radical (unpaired) electrons. The number of benzene rings is 2. The lowest BCUT2D eigenvalue weighted by molar-refractivity contribution is -0.0104. The zero-order valence-corrected chi connectivity index (χ0v) is 19.9. The first-order chi connectivity index (χ1) is 16.5. The second kappa shape index (κ2) is 9.67. The van der Waals surface area contributed by atoms with Crippen LogP contribution in [0.15, 0.2) is 30.6 Å². The summed E-state index contributed by atoms with van der Waals surface area (Å²) in [5.41, 5.74) is 0.723. The zero-order chi connectivity index (χ0) is 23.8. The Labute approximate surface area is 205 Å². The van der Waals surface area contributed by atoms with Crippen LogP contribution >= 0.6 is 23.2 Å². The van der Waals surface area contributed by atoms with Crippen LogP contribution in [0, 0.1) is 11.7 Å². The number of halogens is 3. The van der Waals surface area contributed by atoms with Gasteiger partial charge in [-0.25, -0.2) is 14.4 Å². The minimum absolute atomic E-state index is 0.0609. The number of hydrogen-bond donors (Lipinski definition) is 1. The number of nitrogens with one attached hydrogen (secondary N) is 1. The summed E-state index contributed by atoms with van der Waals surface area (Å²) in [7, 11) is 3.20. The molecule has 2 saturated heterocycles. The Balaban J connectivity index is 1.38. The number of hydrogen-bond acceptors (Lipinski definition) is 8. The molecular formula is C23H22Cl2FN3O5. The van der Waals surface area contributed by atoms with Crippen molar-refractivity contribution < 1.29 is 28.1 Å². The van der Waals surface area contributed by atoms with Gasteiger partial charge in [0, 0.05) is 24.5 Å². The molecule has 0 saturated carbocycles. The van der Waals surface area contributed by atoms with Crippen LogP contribution < -0.4 is 14.8 Å². The predicted molar refractivity (Wildman–Crippen MR) is 125 cm³/mol. The van der Waals surface area contributed by atoms with Gasteiger partial charge in [0.1, 0.15) is 30.2 Å². The van der Waals surface area contributed by atoms with Crippen LogP contribution in [-0.4, -0.2) is 62.3 Å². The molecule has 5 rings (SSSR count). The summed E-state index contributed by atoms with van der Waals surface area (Å²) in [6.07, 6.45) is 1.16. The Morgan fingerprint density at radius 1 is 1.03 bits per heavy atom. The Morgan fingerprint density at radius 2 is 1.82 bits per heavy atom. The van der Waals surface area contributed by atoms with Crippen LogP contribution in [0.4, 0.5) is 15.9 Å². The van der Waals surface area contributed by atoms with E-state index in [9.17, 15) is 4.39 Å².